The van der Waals surface area contributed by atoms with E-state index >= 15 is 0 Å². The molecule has 0 amide bonds. The summed E-state index contributed by atoms with van der Waals surface area (Å²) in [4.78, 5) is 4.49. The summed E-state index contributed by atoms with van der Waals surface area (Å²) in [5.74, 6) is 1.28. The van der Waals surface area contributed by atoms with Crippen LogP contribution in [0.1, 0.15) is 22.3 Å². The molecule has 0 aliphatic carbocycles. The Morgan fingerprint density at radius 3 is 2.65 bits per heavy atom. The SMILES string of the molecule is COc1cc(Cl)cc(-c2ccc(CC3Cc4ccccc4CCN=C(N)N3)c(C)c2)c1. The van der Waals surface area contributed by atoms with Crippen LogP contribution in [0.25, 0.3) is 11.1 Å². The Morgan fingerprint density at radius 1 is 1.06 bits per heavy atom. The Bertz CT molecular complexity index is 1110. The number of guanidine groups is 1. The first kappa shape index (κ1) is 21.3. The van der Waals surface area contributed by atoms with Crippen molar-refractivity contribution in [1.82, 2.24) is 5.32 Å². The molecular formula is C26H28ClN3O. The minimum atomic E-state index is 0.179. The number of halogens is 1. The van der Waals surface area contributed by atoms with E-state index < -0.39 is 0 Å². The van der Waals surface area contributed by atoms with Gasteiger partial charge in [0.2, 0.25) is 0 Å². The maximum Gasteiger partial charge on any atom is 0.188 e. The molecule has 5 heteroatoms. The van der Waals surface area contributed by atoms with Gasteiger partial charge in [-0.1, -0.05) is 54.1 Å². The Morgan fingerprint density at radius 2 is 1.87 bits per heavy atom. The summed E-state index contributed by atoms with van der Waals surface area (Å²) in [6.07, 6.45) is 2.71. The quantitative estimate of drug-likeness (QED) is 0.612. The van der Waals surface area contributed by atoms with Crippen LogP contribution >= 0.6 is 11.6 Å². The number of nitrogens with zero attached hydrogens (tertiary/aromatic N) is 1. The highest BCUT2D eigenvalue weighted by Gasteiger charge is 2.17. The fourth-order valence-corrected chi connectivity index (χ4v) is 4.43. The van der Waals surface area contributed by atoms with Crippen molar-refractivity contribution in [3.05, 3.63) is 87.9 Å². The first-order chi connectivity index (χ1) is 15.0. The highest BCUT2D eigenvalue weighted by atomic mass is 35.5. The molecule has 0 bridgehead atoms. The van der Waals surface area contributed by atoms with Crippen molar-refractivity contribution in [3.63, 3.8) is 0 Å². The Hall–Kier alpha value is -2.98. The molecule has 1 atom stereocenters. The lowest BCUT2D eigenvalue weighted by Crippen LogP contribution is -2.42. The first-order valence-corrected chi connectivity index (χ1v) is 11.0. The molecule has 1 heterocycles. The lowest BCUT2D eigenvalue weighted by Gasteiger charge is -2.21. The molecule has 3 N–H and O–H groups in total. The number of nitrogens with one attached hydrogen (secondary N) is 1. The van der Waals surface area contributed by atoms with Gasteiger partial charge in [0.05, 0.1) is 7.11 Å². The van der Waals surface area contributed by atoms with Crippen molar-refractivity contribution in [2.75, 3.05) is 13.7 Å². The molecule has 1 aliphatic heterocycles. The molecule has 0 saturated carbocycles. The monoisotopic (exact) mass is 433 g/mol. The van der Waals surface area contributed by atoms with E-state index in [1.807, 2.05) is 18.2 Å². The second-order valence-electron chi connectivity index (χ2n) is 8.06. The van der Waals surface area contributed by atoms with Crippen molar-refractivity contribution in [2.45, 2.75) is 32.2 Å². The fraction of sp³-hybridized carbons (Fsp3) is 0.269. The number of rotatable bonds is 4. The molecule has 1 unspecified atom stereocenters. The van der Waals surface area contributed by atoms with Gasteiger partial charge in [0, 0.05) is 17.6 Å². The largest absolute Gasteiger partial charge is 0.497 e. The summed E-state index contributed by atoms with van der Waals surface area (Å²) in [6, 6.07) is 21.1. The molecule has 0 spiro atoms. The minimum Gasteiger partial charge on any atom is -0.497 e. The number of aliphatic imine (C=N–C) groups is 1. The van der Waals surface area contributed by atoms with Gasteiger partial charge in [-0.25, -0.2) is 0 Å². The predicted octanol–water partition coefficient (Wildman–Crippen LogP) is 4.94. The van der Waals surface area contributed by atoms with Gasteiger partial charge in [-0.15, -0.1) is 0 Å². The van der Waals surface area contributed by atoms with Crippen LogP contribution in [0.5, 0.6) is 5.75 Å². The van der Waals surface area contributed by atoms with Gasteiger partial charge in [0.1, 0.15) is 5.75 Å². The van der Waals surface area contributed by atoms with Crippen LogP contribution in [0.2, 0.25) is 5.02 Å². The fourth-order valence-electron chi connectivity index (χ4n) is 4.21. The van der Waals surface area contributed by atoms with Gasteiger partial charge in [-0.05, 0) is 77.8 Å². The van der Waals surface area contributed by atoms with Gasteiger partial charge in [0.25, 0.3) is 0 Å². The van der Waals surface area contributed by atoms with E-state index in [9.17, 15) is 0 Å². The normalized spacial score (nSPS) is 16.2. The molecule has 1 aliphatic rings. The number of ether oxygens (including phenoxy) is 1. The third-order valence-electron chi connectivity index (χ3n) is 5.85. The second kappa shape index (κ2) is 9.44. The number of methoxy groups -OCH3 is 1. The maximum absolute atomic E-state index is 6.26. The summed E-state index contributed by atoms with van der Waals surface area (Å²) in [7, 11) is 1.65. The van der Waals surface area contributed by atoms with E-state index in [0.717, 1.165) is 36.1 Å². The van der Waals surface area contributed by atoms with E-state index in [2.05, 4.69) is 59.7 Å². The first-order valence-electron chi connectivity index (χ1n) is 10.6. The predicted molar refractivity (Wildman–Crippen MR) is 129 cm³/mol. The van der Waals surface area contributed by atoms with Crippen LogP contribution in [-0.4, -0.2) is 25.7 Å². The van der Waals surface area contributed by atoms with Crippen molar-refractivity contribution >= 4 is 17.6 Å². The molecule has 4 rings (SSSR count). The van der Waals surface area contributed by atoms with E-state index in [1.165, 1.54) is 22.3 Å². The number of nitrogens with two attached hydrogens (primary N) is 1. The van der Waals surface area contributed by atoms with Crippen LogP contribution < -0.4 is 15.8 Å². The molecule has 160 valence electrons. The topological polar surface area (TPSA) is 59.6 Å². The van der Waals surface area contributed by atoms with E-state index in [1.54, 1.807) is 7.11 Å². The van der Waals surface area contributed by atoms with Gasteiger partial charge in [-0.3, -0.25) is 4.99 Å². The number of hydrogen-bond donors (Lipinski definition) is 2. The summed E-state index contributed by atoms with van der Waals surface area (Å²) >= 11 is 6.26. The number of hydrogen-bond acceptors (Lipinski definition) is 4. The van der Waals surface area contributed by atoms with Crippen LogP contribution in [0.3, 0.4) is 0 Å². The average molecular weight is 434 g/mol. The third-order valence-corrected chi connectivity index (χ3v) is 6.07. The van der Waals surface area contributed by atoms with Gasteiger partial charge in [-0.2, -0.15) is 0 Å². The Kier molecular flexibility index (Phi) is 6.47. The lowest BCUT2D eigenvalue weighted by atomic mass is 9.92. The average Bonchev–Trinajstić information content (AvgIpc) is 2.82. The number of aryl methyl sites for hydroxylation is 1. The van der Waals surface area contributed by atoms with Crippen LogP contribution in [0.4, 0.5) is 0 Å². The highest BCUT2D eigenvalue weighted by Crippen LogP contribution is 2.30. The zero-order valence-electron chi connectivity index (χ0n) is 18.0. The molecule has 0 radical (unpaired) electrons. The van der Waals surface area contributed by atoms with Crippen LogP contribution in [0, 0.1) is 6.92 Å². The molecule has 3 aromatic rings. The second-order valence-corrected chi connectivity index (χ2v) is 8.49. The summed E-state index contributed by atoms with van der Waals surface area (Å²) < 4.78 is 5.37. The smallest absolute Gasteiger partial charge is 0.188 e. The third kappa shape index (κ3) is 5.20. The van der Waals surface area contributed by atoms with E-state index in [4.69, 9.17) is 22.1 Å². The lowest BCUT2D eigenvalue weighted by molar-refractivity contribution is 0.415. The van der Waals surface area contributed by atoms with Gasteiger partial charge in [0.15, 0.2) is 5.96 Å². The molecule has 0 fully saturated rings. The number of benzene rings is 3. The number of fused-ring (bicyclic) bond motifs is 1. The van der Waals surface area contributed by atoms with E-state index in [0.29, 0.717) is 17.5 Å². The van der Waals surface area contributed by atoms with Gasteiger partial charge < -0.3 is 15.8 Å². The highest BCUT2D eigenvalue weighted by molar-refractivity contribution is 6.31. The minimum absolute atomic E-state index is 0.179. The summed E-state index contributed by atoms with van der Waals surface area (Å²) in [5.41, 5.74) is 13.6. The maximum atomic E-state index is 6.26. The molecule has 0 aromatic heterocycles. The van der Waals surface area contributed by atoms with E-state index in [-0.39, 0.29) is 6.04 Å². The van der Waals surface area contributed by atoms with Crippen molar-refractivity contribution < 1.29 is 4.74 Å². The summed E-state index contributed by atoms with van der Waals surface area (Å²) in [6.45, 7) is 2.86. The van der Waals surface area contributed by atoms with Gasteiger partial charge >= 0.3 is 0 Å². The zero-order chi connectivity index (χ0) is 21.8. The Labute approximate surface area is 189 Å². The molecular weight excluding hydrogens is 406 g/mol. The van der Waals surface area contributed by atoms with Crippen LogP contribution in [-0.2, 0) is 19.3 Å². The molecule has 4 nitrogen and oxygen atoms in total. The molecule has 3 aromatic carbocycles. The Balaban J connectivity index is 1.59. The van der Waals surface area contributed by atoms with Crippen molar-refractivity contribution in [2.24, 2.45) is 10.7 Å². The zero-order valence-corrected chi connectivity index (χ0v) is 18.7. The molecule has 31 heavy (non-hydrogen) atoms. The van der Waals surface area contributed by atoms with Crippen molar-refractivity contribution in [3.8, 4) is 16.9 Å². The summed E-state index contributed by atoms with van der Waals surface area (Å²) in [5, 5.41) is 4.10. The standard InChI is InChI=1S/C26H28ClN3O/c1-17-11-21(22-12-23(27)16-25(15-22)31-2)8-7-19(17)13-24-14-20-6-4-3-5-18(20)9-10-29-26(28)30-24/h3-8,11-12,15-16,24H,9-10,13-14H2,1-2H3,(H3,28,29,30). The van der Waals surface area contributed by atoms with Crippen molar-refractivity contribution in [1.29, 1.82) is 0 Å². The molecule has 0 saturated heterocycles. The van der Waals surface area contributed by atoms with Crippen LogP contribution in [0.15, 0.2) is 65.7 Å².